The number of carbonyl (C=O) groups excluding carboxylic acids is 1. The van der Waals surface area contributed by atoms with Crippen molar-refractivity contribution in [2.45, 2.75) is 47.5 Å². The van der Waals surface area contributed by atoms with Gasteiger partial charge in [-0.3, -0.25) is 4.79 Å². The molecule has 0 aromatic heterocycles. The number of amides is 1. The Morgan fingerprint density at radius 2 is 1.89 bits per heavy atom. The lowest BCUT2D eigenvalue weighted by Crippen LogP contribution is -2.38. The molecule has 0 aliphatic carbocycles. The fourth-order valence-electron chi connectivity index (χ4n) is 1.83. The Labute approximate surface area is 118 Å². The first-order valence-electron chi connectivity index (χ1n) is 7.31. The second-order valence-electron chi connectivity index (χ2n) is 6.78. The van der Waals surface area contributed by atoms with E-state index in [0.717, 1.165) is 19.4 Å². The van der Waals surface area contributed by atoms with Crippen molar-refractivity contribution in [1.29, 1.82) is 0 Å². The van der Waals surface area contributed by atoms with Crippen molar-refractivity contribution in [3.63, 3.8) is 0 Å². The van der Waals surface area contributed by atoms with E-state index in [2.05, 4.69) is 39.9 Å². The van der Waals surface area contributed by atoms with Gasteiger partial charge in [-0.2, -0.15) is 0 Å². The highest BCUT2D eigenvalue weighted by atomic mass is 16.5. The van der Waals surface area contributed by atoms with Gasteiger partial charge in [0.05, 0.1) is 12.5 Å². The van der Waals surface area contributed by atoms with Crippen molar-refractivity contribution in [2.75, 3.05) is 26.3 Å². The Balaban J connectivity index is 3.77. The molecule has 0 rings (SSSR count). The van der Waals surface area contributed by atoms with Crippen LogP contribution in [-0.4, -0.2) is 32.2 Å². The van der Waals surface area contributed by atoms with E-state index in [0.29, 0.717) is 25.6 Å². The van der Waals surface area contributed by atoms with Gasteiger partial charge < -0.3 is 15.8 Å². The van der Waals surface area contributed by atoms with Gasteiger partial charge in [0.2, 0.25) is 5.91 Å². The smallest absolute Gasteiger partial charge is 0.224 e. The van der Waals surface area contributed by atoms with E-state index in [4.69, 9.17) is 10.5 Å². The quantitative estimate of drug-likeness (QED) is 0.632. The molecule has 19 heavy (non-hydrogen) atoms. The third-order valence-corrected chi connectivity index (χ3v) is 2.90. The van der Waals surface area contributed by atoms with Crippen LogP contribution in [0.3, 0.4) is 0 Å². The number of rotatable bonds is 9. The van der Waals surface area contributed by atoms with Crippen LogP contribution in [0.2, 0.25) is 0 Å². The van der Waals surface area contributed by atoms with E-state index in [1.807, 2.05) is 0 Å². The average molecular weight is 272 g/mol. The zero-order chi connectivity index (χ0) is 14.9. The lowest BCUT2D eigenvalue weighted by Gasteiger charge is -2.24. The molecule has 0 radical (unpaired) electrons. The van der Waals surface area contributed by atoms with Crippen LogP contribution in [0.15, 0.2) is 0 Å². The average Bonchev–Trinajstić information content (AvgIpc) is 2.28. The molecule has 0 aliphatic heterocycles. The largest absolute Gasteiger partial charge is 0.380 e. The molecule has 3 N–H and O–H groups in total. The minimum atomic E-state index is -0.101. The van der Waals surface area contributed by atoms with Gasteiger partial charge in [0.25, 0.3) is 0 Å². The number of nitrogens with two attached hydrogens (primary N) is 1. The summed E-state index contributed by atoms with van der Waals surface area (Å²) in [5, 5.41) is 2.90. The van der Waals surface area contributed by atoms with E-state index in [9.17, 15) is 4.79 Å². The minimum Gasteiger partial charge on any atom is -0.380 e. The van der Waals surface area contributed by atoms with E-state index < -0.39 is 0 Å². The van der Waals surface area contributed by atoms with Crippen molar-refractivity contribution in [3.8, 4) is 0 Å². The maximum atomic E-state index is 11.9. The normalized spacial score (nSPS) is 13.6. The summed E-state index contributed by atoms with van der Waals surface area (Å²) < 4.78 is 5.46. The molecule has 0 aromatic carbocycles. The van der Waals surface area contributed by atoms with Crippen LogP contribution in [0.5, 0.6) is 0 Å². The SMILES string of the molecule is CC(C)CCOCCNC(=O)C(CN)CC(C)(C)C. The molecule has 1 amide bonds. The third kappa shape index (κ3) is 11.0. The predicted molar refractivity (Wildman–Crippen MR) is 79.9 cm³/mol. The highest BCUT2D eigenvalue weighted by molar-refractivity contribution is 5.78. The van der Waals surface area contributed by atoms with Gasteiger partial charge in [-0.25, -0.2) is 0 Å². The van der Waals surface area contributed by atoms with Crippen molar-refractivity contribution >= 4 is 5.91 Å². The minimum absolute atomic E-state index is 0.0462. The van der Waals surface area contributed by atoms with Gasteiger partial charge in [0.15, 0.2) is 0 Å². The summed E-state index contributed by atoms with van der Waals surface area (Å²) in [4.78, 5) is 11.9. The van der Waals surface area contributed by atoms with Crippen LogP contribution in [0.4, 0.5) is 0 Å². The maximum absolute atomic E-state index is 11.9. The summed E-state index contributed by atoms with van der Waals surface area (Å²) >= 11 is 0. The second kappa shape index (κ2) is 9.32. The van der Waals surface area contributed by atoms with Gasteiger partial charge in [-0.1, -0.05) is 34.6 Å². The Hall–Kier alpha value is -0.610. The molecule has 114 valence electrons. The molecule has 0 bridgehead atoms. The van der Waals surface area contributed by atoms with Crippen molar-refractivity contribution in [3.05, 3.63) is 0 Å². The van der Waals surface area contributed by atoms with Gasteiger partial charge in [0, 0.05) is 19.7 Å². The Morgan fingerprint density at radius 3 is 2.37 bits per heavy atom. The molecule has 0 aromatic rings. The number of ether oxygens (including phenoxy) is 1. The van der Waals surface area contributed by atoms with E-state index in [1.165, 1.54) is 0 Å². The van der Waals surface area contributed by atoms with Crippen molar-refractivity contribution in [1.82, 2.24) is 5.32 Å². The molecule has 1 atom stereocenters. The molecule has 4 heteroatoms. The Bertz CT molecular complexity index is 247. The number of hydrogen-bond donors (Lipinski definition) is 2. The van der Waals surface area contributed by atoms with Crippen LogP contribution in [0.1, 0.15) is 47.5 Å². The molecule has 1 unspecified atom stereocenters. The fraction of sp³-hybridized carbons (Fsp3) is 0.933. The summed E-state index contributed by atoms with van der Waals surface area (Å²) in [6.45, 7) is 13.0. The first-order chi connectivity index (χ1) is 8.76. The zero-order valence-corrected chi connectivity index (χ0v) is 13.3. The number of nitrogens with one attached hydrogen (secondary N) is 1. The standard InChI is InChI=1S/C15H32N2O2/c1-12(2)6-8-19-9-7-17-14(18)13(11-16)10-15(3,4)5/h12-13H,6-11,16H2,1-5H3,(H,17,18). The van der Waals surface area contributed by atoms with Crippen LogP contribution < -0.4 is 11.1 Å². The number of hydrogen-bond acceptors (Lipinski definition) is 3. The zero-order valence-electron chi connectivity index (χ0n) is 13.3. The molecule has 4 nitrogen and oxygen atoms in total. The van der Waals surface area contributed by atoms with Crippen molar-refractivity contribution in [2.24, 2.45) is 23.0 Å². The lowest BCUT2D eigenvalue weighted by atomic mass is 9.84. The van der Waals surface area contributed by atoms with E-state index in [1.54, 1.807) is 0 Å². The Kier molecular flexibility index (Phi) is 9.02. The lowest BCUT2D eigenvalue weighted by molar-refractivity contribution is -0.125. The summed E-state index contributed by atoms with van der Waals surface area (Å²) in [5.74, 6) is 0.601. The van der Waals surface area contributed by atoms with Crippen LogP contribution in [0.25, 0.3) is 0 Å². The maximum Gasteiger partial charge on any atom is 0.224 e. The van der Waals surface area contributed by atoms with Gasteiger partial charge in [0.1, 0.15) is 0 Å². The molecule has 0 fully saturated rings. The highest BCUT2D eigenvalue weighted by Crippen LogP contribution is 2.23. The monoisotopic (exact) mass is 272 g/mol. The molecule has 0 spiro atoms. The first-order valence-corrected chi connectivity index (χ1v) is 7.31. The first kappa shape index (κ1) is 18.4. The summed E-state index contributed by atoms with van der Waals surface area (Å²) in [7, 11) is 0. The molecule has 0 aliphatic rings. The van der Waals surface area contributed by atoms with E-state index >= 15 is 0 Å². The van der Waals surface area contributed by atoms with Gasteiger partial charge in [-0.05, 0) is 24.2 Å². The molecule has 0 saturated carbocycles. The van der Waals surface area contributed by atoms with Gasteiger partial charge in [-0.15, -0.1) is 0 Å². The topological polar surface area (TPSA) is 64.3 Å². The van der Waals surface area contributed by atoms with Crippen LogP contribution in [-0.2, 0) is 9.53 Å². The van der Waals surface area contributed by atoms with Crippen LogP contribution in [0, 0.1) is 17.3 Å². The summed E-state index contributed by atoms with van der Waals surface area (Å²) in [5.41, 5.74) is 5.79. The second-order valence-corrected chi connectivity index (χ2v) is 6.78. The Morgan fingerprint density at radius 1 is 1.26 bits per heavy atom. The van der Waals surface area contributed by atoms with Crippen LogP contribution >= 0.6 is 0 Å². The molecule has 0 heterocycles. The van der Waals surface area contributed by atoms with Crippen molar-refractivity contribution < 1.29 is 9.53 Å². The molecular formula is C15H32N2O2. The fourth-order valence-corrected chi connectivity index (χ4v) is 1.83. The summed E-state index contributed by atoms with van der Waals surface area (Å²) in [6.07, 6.45) is 1.87. The summed E-state index contributed by atoms with van der Waals surface area (Å²) in [6, 6.07) is 0. The molecular weight excluding hydrogens is 240 g/mol. The number of carbonyl (C=O) groups is 1. The molecule has 0 saturated heterocycles. The highest BCUT2D eigenvalue weighted by Gasteiger charge is 2.23. The van der Waals surface area contributed by atoms with E-state index in [-0.39, 0.29) is 17.2 Å². The van der Waals surface area contributed by atoms with Gasteiger partial charge >= 0.3 is 0 Å². The predicted octanol–water partition coefficient (Wildman–Crippen LogP) is 2.18. The third-order valence-electron chi connectivity index (χ3n) is 2.90.